The second-order valence-electron chi connectivity index (χ2n) is 6.91. The van der Waals surface area contributed by atoms with Crippen molar-refractivity contribution in [2.75, 3.05) is 13.1 Å². The summed E-state index contributed by atoms with van der Waals surface area (Å²) in [6.07, 6.45) is 4.78. The first-order valence-electron chi connectivity index (χ1n) is 9.16. The molecule has 0 radical (unpaired) electrons. The highest BCUT2D eigenvalue weighted by atomic mass is 16.4. The van der Waals surface area contributed by atoms with Gasteiger partial charge in [-0.2, -0.15) is 5.10 Å². The summed E-state index contributed by atoms with van der Waals surface area (Å²) in [4.78, 5) is 25.9. The number of aryl methyl sites for hydroxylation is 2. The molecule has 2 heterocycles. The van der Waals surface area contributed by atoms with Crippen molar-refractivity contribution in [3.63, 3.8) is 0 Å². The lowest BCUT2D eigenvalue weighted by molar-refractivity contribution is 0.0693. The smallest absolute Gasteiger partial charge is 0.335 e. The zero-order chi connectivity index (χ0) is 18.7. The van der Waals surface area contributed by atoms with Gasteiger partial charge < -0.3 is 10.0 Å². The molecule has 1 fully saturated rings. The number of carbonyl (C=O) groups is 2. The van der Waals surface area contributed by atoms with Gasteiger partial charge in [-0.1, -0.05) is 19.1 Å². The normalized spacial score (nSPS) is 17.3. The summed E-state index contributed by atoms with van der Waals surface area (Å²) in [5.41, 5.74) is 2.83. The fraction of sp³-hybridized carbons (Fsp3) is 0.450. The third kappa shape index (κ3) is 3.79. The van der Waals surface area contributed by atoms with Gasteiger partial charge in [0.05, 0.1) is 16.8 Å². The van der Waals surface area contributed by atoms with E-state index in [4.69, 9.17) is 5.11 Å². The molecular formula is C20H25N3O3. The van der Waals surface area contributed by atoms with E-state index < -0.39 is 5.97 Å². The first kappa shape index (κ1) is 18.2. The Labute approximate surface area is 153 Å². The number of rotatable bonds is 5. The zero-order valence-electron chi connectivity index (χ0n) is 15.3. The molecule has 6 nitrogen and oxygen atoms in total. The number of aromatic carboxylic acids is 1. The molecular weight excluding hydrogens is 330 g/mol. The highest BCUT2D eigenvalue weighted by Gasteiger charge is 2.27. The molecule has 0 spiro atoms. The van der Waals surface area contributed by atoms with Crippen LogP contribution in [0.4, 0.5) is 0 Å². The van der Waals surface area contributed by atoms with Crippen LogP contribution in [-0.2, 0) is 6.54 Å². The number of nitrogens with zero attached hydrogens (tertiary/aromatic N) is 3. The van der Waals surface area contributed by atoms with E-state index in [1.165, 1.54) is 0 Å². The summed E-state index contributed by atoms with van der Waals surface area (Å²) >= 11 is 0. The van der Waals surface area contributed by atoms with Crippen molar-refractivity contribution in [1.29, 1.82) is 0 Å². The number of hydrogen-bond donors (Lipinski definition) is 1. The van der Waals surface area contributed by atoms with Crippen LogP contribution in [0.25, 0.3) is 0 Å². The van der Waals surface area contributed by atoms with E-state index in [1.54, 1.807) is 12.1 Å². The van der Waals surface area contributed by atoms with Crippen LogP contribution in [0.2, 0.25) is 0 Å². The Bertz CT molecular complexity index is 795. The van der Waals surface area contributed by atoms with Gasteiger partial charge in [-0.25, -0.2) is 4.79 Å². The number of carboxylic acid groups (broad SMARTS) is 1. The molecule has 1 atom stereocenters. The lowest BCUT2D eigenvalue weighted by Crippen LogP contribution is -2.39. The van der Waals surface area contributed by atoms with E-state index in [2.05, 4.69) is 12.0 Å². The van der Waals surface area contributed by atoms with Gasteiger partial charge >= 0.3 is 5.97 Å². The molecule has 6 heteroatoms. The molecule has 1 aliphatic rings. The van der Waals surface area contributed by atoms with Gasteiger partial charge in [0.15, 0.2) is 0 Å². The highest BCUT2D eigenvalue weighted by Crippen LogP contribution is 2.28. The number of piperidine rings is 1. The summed E-state index contributed by atoms with van der Waals surface area (Å²) in [6, 6.07) is 7.01. The van der Waals surface area contributed by atoms with Crippen LogP contribution in [0.15, 0.2) is 30.5 Å². The van der Waals surface area contributed by atoms with Crippen molar-refractivity contribution in [2.45, 2.75) is 45.6 Å². The van der Waals surface area contributed by atoms with Gasteiger partial charge in [-0.15, -0.1) is 0 Å². The van der Waals surface area contributed by atoms with Crippen molar-refractivity contribution in [1.82, 2.24) is 14.7 Å². The molecule has 1 aliphatic heterocycles. The largest absolute Gasteiger partial charge is 0.478 e. The second kappa shape index (κ2) is 7.72. The van der Waals surface area contributed by atoms with Crippen LogP contribution in [-0.4, -0.2) is 44.8 Å². The maximum absolute atomic E-state index is 13.0. The minimum Gasteiger partial charge on any atom is -0.478 e. The molecule has 2 aromatic rings. The quantitative estimate of drug-likeness (QED) is 0.893. The Balaban J connectivity index is 1.73. The first-order valence-corrected chi connectivity index (χ1v) is 9.16. The zero-order valence-corrected chi connectivity index (χ0v) is 15.3. The van der Waals surface area contributed by atoms with E-state index in [-0.39, 0.29) is 17.4 Å². The number of likely N-dealkylation sites (tertiary alicyclic amines) is 1. The first-order chi connectivity index (χ1) is 12.5. The minimum absolute atomic E-state index is 0.0386. The molecule has 1 amide bonds. The number of aromatic nitrogens is 2. The predicted octanol–water partition coefficient (Wildman–Crippen LogP) is 3.32. The number of benzene rings is 1. The molecule has 26 heavy (non-hydrogen) atoms. The van der Waals surface area contributed by atoms with E-state index in [0.29, 0.717) is 12.1 Å². The predicted molar refractivity (Wildman–Crippen MR) is 98.5 cm³/mol. The molecule has 1 N–H and O–H groups in total. The highest BCUT2D eigenvalue weighted by molar-refractivity contribution is 5.95. The molecule has 0 bridgehead atoms. The maximum Gasteiger partial charge on any atom is 0.335 e. The SMILES string of the molecule is CCCn1cc(C(=O)N2CCCC(c3ccc(C(=O)O)cc3)C2)c(C)n1. The average molecular weight is 355 g/mol. The van der Waals surface area contributed by atoms with E-state index >= 15 is 0 Å². The molecule has 1 saturated heterocycles. The molecule has 138 valence electrons. The summed E-state index contributed by atoms with van der Waals surface area (Å²) in [5.74, 6) is -0.644. The van der Waals surface area contributed by atoms with Crippen LogP contribution in [0.5, 0.6) is 0 Å². The Kier molecular flexibility index (Phi) is 5.40. The molecule has 1 aromatic carbocycles. The van der Waals surface area contributed by atoms with Gasteiger partial charge in [0.1, 0.15) is 0 Å². The average Bonchev–Trinajstić information content (AvgIpc) is 3.02. The standard InChI is InChI=1S/C20H25N3O3/c1-3-10-23-13-18(14(2)21-23)19(24)22-11-4-5-17(12-22)15-6-8-16(9-7-15)20(25)26/h6-9,13,17H,3-5,10-12H2,1-2H3,(H,25,26). The Hall–Kier alpha value is -2.63. The van der Waals surface area contributed by atoms with E-state index in [0.717, 1.165) is 43.6 Å². The third-order valence-corrected chi connectivity index (χ3v) is 4.97. The van der Waals surface area contributed by atoms with Gasteiger partial charge in [-0.3, -0.25) is 9.48 Å². The van der Waals surface area contributed by atoms with Crippen molar-refractivity contribution >= 4 is 11.9 Å². The van der Waals surface area contributed by atoms with Crippen LogP contribution < -0.4 is 0 Å². The van der Waals surface area contributed by atoms with E-state index in [1.807, 2.05) is 34.8 Å². The fourth-order valence-corrected chi connectivity index (χ4v) is 3.57. The van der Waals surface area contributed by atoms with Crippen molar-refractivity contribution in [2.24, 2.45) is 0 Å². The van der Waals surface area contributed by atoms with Crippen molar-refractivity contribution in [3.8, 4) is 0 Å². The minimum atomic E-state index is -0.920. The Morgan fingerprint density at radius 3 is 2.65 bits per heavy atom. The number of carboxylic acids is 1. The third-order valence-electron chi connectivity index (χ3n) is 4.97. The monoisotopic (exact) mass is 355 g/mol. The van der Waals surface area contributed by atoms with Crippen LogP contribution >= 0.6 is 0 Å². The van der Waals surface area contributed by atoms with Crippen molar-refractivity contribution < 1.29 is 14.7 Å². The molecule has 0 saturated carbocycles. The molecule has 0 aliphatic carbocycles. The van der Waals surface area contributed by atoms with Crippen molar-refractivity contribution in [3.05, 3.63) is 52.8 Å². The molecule has 1 unspecified atom stereocenters. The summed E-state index contributed by atoms with van der Waals surface area (Å²) in [7, 11) is 0. The number of carbonyl (C=O) groups excluding carboxylic acids is 1. The number of hydrogen-bond acceptors (Lipinski definition) is 3. The number of amides is 1. The lowest BCUT2D eigenvalue weighted by Gasteiger charge is -2.33. The Morgan fingerprint density at radius 1 is 1.27 bits per heavy atom. The summed E-state index contributed by atoms with van der Waals surface area (Å²) in [6.45, 7) is 6.19. The summed E-state index contributed by atoms with van der Waals surface area (Å²) in [5, 5.41) is 13.5. The van der Waals surface area contributed by atoms with Gasteiger partial charge in [0.25, 0.3) is 5.91 Å². The second-order valence-corrected chi connectivity index (χ2v) is 6.91. The van der Waals surface area contributed by atoms with Gasteiger partial charge in [-0.05, 0) is 43.9 Å². The van der Waals surface area contributed by atoms with Crippen LogP contribution in [0, 0.1) is 6.92 Å². The van der Waals surface area contributed by atoms with E-state index in [9.17, 15) is 9.59 Å². The molecule has 3 rings (SSSR count). The van der Waals surface area contributed by atoms with Crippen LogP contribution in [0.1, 0.15) is 64.1 Å². The topological polar surface area (TPSA) is 75.4 Å². The Morgan fingerprint density at radius 2 is 2.00 bits per heavy atom. The maximum atomic E-state index is 13.0. The fourth-order valence-electron chi connectivity index (χ4n) is 3.57. The van der Waals surface area contributed by atoms with Crippen LogP contribution in [0.3, 0.4) is 0 Å². The van der Waals surface area contributed by atoms with Gasteiger partial charge in [0.2, 0.25) is 0 Å². The lowest BCUT2D eigenvalue weighted by atomic mass is 9.90. The summed E-state index contributed by atoms with van der Waals surface area (Å²) < 4.78 is 1.84. The van der Waals surface area contributed by atoms with Gasteiger partial charge in [0, 0.05) is 31.7 Å². The molecule has 1 aromatic heterocycles.